The van der Waals surface area contributed by atoms with Crippen LogP contribution < -0.4 is 11.1 Å². The quantitative estimate of drug-likeness (QED) is 0.871. The van der Waals surface area contributed by atoms with Crippen molar-refractivity contribution in [2.24, 2.45) is 0 Å². The zero-order valence-electron chi connectivity index (χ0n) is 11.0. The lowest BCUT2D eigenvalue weighted by Gasteiger charge is -2.17. The van der Waals surface area contributed by atoms with Crippen LogP contribution in [0.4, 0.5) is 16.0 Å². The molecule has 0 amide bonds. The van der Waals surface area contributed by atoms with Crippen molar-refractivity contribution in [2.45, 2.75) is 19.9 Å². The number of aryl methyl sites for hydroxylation is 1. The molecule has 0 aliphatic carbocycles. The molecule has 0 aliphatic rings. The van der Waals surface area contributed by atoms with Gasteiger partial charge in [0, 0.05) is 0 Å². The second kappa shape index (κ2) is 5.85. The molecule has 0 fully saturated rings. The molecule has 3 N–H and O–H groups in total. The van der Waals surface area contributed by atoms with Crippen LogP contribution in [0.25, 0.3) is 0 Å². The summed E-state index contributed by atoms with van der Waals surface area (Å²) in [5, 5.41) is 3.76. The standard InChI is InChI=1S/C14H14Cl2FN3/c1-7-3-4-9(5-12(7)17)8(2)19-14-11(16)6-10(15)13(18)20-14/h3-6,8H,1-2H3,(H3,18,19,20). The van der Waals surface area contributed by atoms with E-state index in [4.69, 9.17) is 28.9 Å². The summed E-state index contributed by atoms with van der Waals surface area (Å²) in [5.74, 6) is 0.369. The van der Waals surface area contributed by atoms with E-state index >= 15 is 0 Å². The maximum Gasteiger partial charge on any atom is 0.147 e. The molecule has 1 aromatic carbocycles. The van der Waals surface area contributed by atoms with Gasteiger partial charge < -0.3 is 11.1 Å². The Balaban J connectivity index is 2.25. The van der Waals surface area contributed by atoms with Gasteiger partial charge in [-0.1, -0.05) is 35.3 Å². The van der Waals surface area contributed by atoms with E-state index in [0.29, 0.717) is 21.4 Å². The summed E-state index contributed by atoms with van der Waals surface area (Å²) in [6.07, 6.45) is 0. The number of hydrogen-bond acceptors (Lipinski definition) is 3. The Bertz CT molecular complexity index is 647. The SMILES string of the molecule is Cc1ccc(C(C)Nc2nc(N)c(Cl)cc2Cl)cc1F. The van der Waals surface area contributed by atoms with E-state index < -0.39 is 0 Å². The van der Waals surface area contributed by atoms with E-state index in [0.717, 1.165) is 5.56 Å². The number of nitrogens with zero attached hydrogens (tertiary/aromatic N) is 1. The van der Waals surface area contributed by atoms with Crippen molar-refractivity contribution in [1.29, 1.82) is 0 Å². The highest BCUT2D eigenvalue weighted by Gasteiger charge is 2.12. The maximum atomic E-state index is 13.6. The molecule has 20 heavy (non-hydrogen) atoms. The van der Waals surface area contributed by atoms with E-state index in [1.807, 2.05) is 13.0 Å². The van der Waals surface area contributed by atoms with Gasteiger partial charge in [-0.2, -0.15) is 0 Å². The lowest BCUT2D eigenvalue weighted by atomic mass is 10.1. The molecule has 2 aromatic rings. The molecule has 1 heterocycles. The summed E-state index contributed by atoms with van der Waals surface area (Å²) in [4.78, 5) is 4.09. The minimum absolute atomic E-state index is 0.171. The first kappa shape index (κ1) is 14.9. The smallest absolute Gasteiger partial charge is 0.147 e. The first-order valence-electron chi connectivity index (χ1n) is 6.02. The normalized spacial score (nSPS) is 12.2. The van der Waals surface area contributed by atoms with Crippen molar-refractivity contribution in [1.82, 2.24) is 4.98 Å². The molecule has 1 unspecified atom stereocenters. The summed E-state index contributed by atoms with van der Waals surface area (Å²) < 4.78 is 13.6. The molecular weight excluding hydrogens is 300 g/mol. The van der Waals surface area contributed by atoms with Crippen molar-refractivity contribution < 1.29 is 4.39 Å². The molecule has 106 valence electrons. The van der Waals surface area contributed by atoms with Crippen LogP contribution in [0.2, 0.25) is 10.0 Å². The van der Waals surface area contributed by atoms with Crippen LogP contribution in [0, 0.1) is 12.7 Å². The summed E-state index contributed by atoms with van der Waals surface area (Å²) in [6.45, 7) is 3.60. The fourth-order valence-corrected chi connectivity index (χ4v) is 2.16. The van der Waals surface area contributed by atoms with E-state index in [1.165, 1.54) is 12.1 Å². The van der Waals surface area contributed by atoms with Gasteiger partial charge in [-0.05, 0) is 37.1 Å². The fourth-order valence-electron chi connectivity index (χ4n) is 1.75. The second-order valence-electron chi connectivity index (χ2n) is 4.56. The van der Waals surface area contributed by atoms with Crippen molar-refractivity contribution in [3.05, 3.63) is 51.3 Å². The van der Waals surface area contributed by atoms with Gasteiger partial charge in [-0.25, -0.2) is 9.37 Å². The van der Waals surface area contributed by atoms with Crippen LogP contribution >= 0.6 is 23.2 Å². The zero-order chi connectivity index (χ0) is 14.9. The molecule has 0 spiro atoms. The predicted molar refractivity (Wildman–Crippen MR) is 81.8 cm³/mol. The third-order valence-electron chi connectivity index (χ3n) is 3.01. The number of hydrogen-bond donors (Lipinski definition) is 2. The summed E-state index contributed by atoms with van der Waals surface area (Å²) >= 11 is 11.9. The number of aromatic nitrogens is 1. The molecule has 0 saturated carbocycles. The molecule has 2 rings (SSSR count). The van der Waals surface area contributed by atoms with Crippen molar-refractivity contribution >= 4 is 34.8 Å². The molecule has 0 saturated heterocycles. The average molecular weight is 314 g/mol. The minimum Gasteiger partial charge on any atom is -0.382 e. The third-order valence-corrected chi connectivity index (χ3v) is 3.60. The van der Waals surface area contributed by atoms with Gasteiger partial charge in [0.05, 0.1) is 16.1 Å². The van der Waals surface area contributed by atoms with Gasteiger partial charge in [0.15, 0.2) is 0 Å². The number of nitrogens with one attached hydrogen (secondary N) is 1. The second-order valence-corrected chi connectivity index (χ2v) is 5.37. The van der Waals surface area contributed by atoms with E-state index in [2.05, 4.69) is 10.3 Å². The number of rotatable bonds is 3. The largest absolute Gasteiger partial charge is 0.382 e. The summed E-state index contributed by atoms with van der Waals surface area (Å²) in [5.41, 5.74) is 7.04. The molecular formula is C14H14Cl2FN3. The topological polar surface area (TPSA) is 50.9 Å². The number of halogens is 3. The van der Waals surface area contributed by atoms with E-state index in [9.17, 15) is 4.39 Å². The van der Waals surface area contributed by atoms with Gasteiger partial charge in [-0.15, -0.1) is 0 Å². The fraction of sp³-hybridized carbons (Fsp3) is 0.214. The summed E-state index contributed by atoms with van der Waals surface area (Å²) in [7, 11) is 0. The van der Waals surface area contributed by atoms with Crippen LogP contribution in [-0.4, -0.2) is 4.98 Å². The number of nitrogen functional groups attached to an aromatic ring is 1. The molecule has 0 bridgehead atoms. The minimum atomic E-state index is -0.245. The Morgan fingerprint density at radius 2 is 1.95 bits per heavy atom. The van der Waals surface area contributed by atoms with Gasteiger partial charge in [0.1, 0.15) is 17.5 Å². The van der Waals surface area contributed by atoms with E-state index in [1.54, 1.807) is 13.0 Å². The highest BCUT2D eigenvalue weighted by atomic mass is 35.5. The number of pyridine rings is 1. The van der Waals surface area contributed by atoms with Crippen molar-refractivity contribution in [2.75, 3.05) is 11.1 Å². The van der Waals surface area contributed by atoms with Crippen LogP contribution in [0.1, 0.15) is 24.1 Å². The Morgan fingerprint density at radius 1 is 1.25 bits per heavy atom. The first-order valence-corrected chi connectivity index (χ1v) is 6.78. The number of anilines is 2. The average Bonchev–Trinajstić information content (AvgIpc) is 2.39. The molecule has 1 atom stereocenters. The highest BCUT2D eigenvalue weighted by molar-refractivity contribution is 6.37. The molecule has 3 nitrogen and oxygen atoms in total. The monoisotopic (exact) mass is 313 g/mol. The van der Waals surface area contributed by atoms with Gasteiger partial charge in [0.2, 0.25) is 0 Å². The molecule has 0 aliphatic heterocycles. The van der Waals surface area contributed by atoms with E-state index in [-0.39, 0.29) is 17.7 Å². The Hall–Kier alpha value is -1.52. The Morgan fingerprint density at radius 3 is 2.60 bits per heavy atom. The third kappa shape index (κ3) is 3.14. The predicted octanol–water partition coefficient (Wildman–Crippen LogP) is 4.59. The highest BCUT2D eigenvalue weighted by Crippen LogP contribution is 2.30. The first-order chi connectivity index (χ1) is 9.38. The maximum absolute atomic E-state index is 13.6. The molecule has 6 heteroatoms. The number of benzene rings is 1. The Kier molecular flexibility index (Phi) is 4.35. The van der Waals surface area contributed by atoms with Crippen molar-refractivity contribution in [3.8, 4) is 0 Å². The van der Waals surface area contributed by atoms with Crippen LogP contribution in [0.3, 0.4) is 0 Å². The van der Waals surface area contributed by atoms with Crippen LogP contribution in [0.5, 0.6) is 0 Å². The lowest BCUT2D eigenvalue weighted by molar-refractivity contribution is 0.614. The van der Waals surface area contributed by atoms with Crippen LogP contribution in [0.15, 0.2) is 24.3 Å². The lowest BCUT2D eigenvalue weighted by Crippen LogP contribution is -2.10. The van der Waals surface area contributed by atoms with Gasteiger partial charge in [0.25, 0.3) is 0 Å². The van der Waals surface area contributed by atoms with Gasteiger partial charge in [-0.3, -0.25) is 0 Å². The van der Waals surface area contributed by atoms with Crippen molar-refractivity contribution in [3.63, 3.8) is 0 Å². The zero-order valence-corrected chi connectivity index (χ0v) is 12.6. The Labute approximate surface area is 126 Å². The number of nitrogens with two attached hydrogens (primary N) is 1. The summed E-state index contributed by atoms with van der Waals surface area (Å²) in [6, 6.07) is 6.42. The van der Waals surface area contributed by atoms with Crippen LogP contribution in [-0.2, 0) is 0 Å². The molecule has 1 aromatic heterocycles. The van der Waals surface area contributed by atoms with Gasteiger partial charge >= 0.3 is 0 Å². The molecule has 0 radical (unpaired) electrons.